The Morgan fingerprint density at radius 2 is 1.89 bits per heavy atom. The van der Waals surface area contributed by atoms with Crippen LogP contribution in [-0.2, 0) is 4.79 Å². The highest BCUT2D eigenvalue weighted by molar-refractivity contribution is 9.10. The number of thioether (sulfide) groups is 1. The Labute approximate surface area is 125 Å². The van der Waals surface area contributed by atoms with Gasteiger partial charge in [0.2, 0.25) is 5.91 Å². The number of halogens is 1. The predicted octanol–water partition coefficient (Wildman–Crippen LogP) is 4.49. The van der Waals surface area contributed by atoms with E-state index in [0.29, 0.717) is 5.75 Å². The molecular formula is C15H14BrNOS. The minimum absolute atomic E-state index is 0.000142. The van der Waals surface area contributed by atoms with Crippen molar-refractivity contribution in [2.24, 2.45) is 0 Å². The summed E-state index contributed by atoms with van der Waals surface area (Å²) < 4.78 is 0.938. The summed E-state index contributed by atoms with van der Waals surface area (Å²) in [6.07, 6.45) is 0. The van der Waals surface area contributed by atoms with Crippen molar-refractivity contribution in [1.82, 2.24) is 0 Å². The lowest BCUT2D eigenvalue weighted by Crippen LogP contribution is -2.14. The molecule has 0 unspecified atom stereocenters. The van der Waals surface area contributed by atoms with Crippen LogP contribution in [-0.4, -0.2) is 11.7 Å². The highest BCUT2D eigenvalue weighted by atomic mass is 79.9. The van der Waals surface area contributed by atoms with E-state index < -0.39 is 0 Å². The number of benzene rings is 2. The summed E-state index contributed by atoms with van der Waals surface area (Å²) in [4.78, 5) is 13.0. The molecule has 1 amide bonds. The summed E-state index contributed by atoms with van der Waals surface area (Å²) >= 11 is 5.01. The van der Waals surface area contributed by atoms with Crippen LogP contribution in [0.5, 0.6) is 0 Å². The smallest absolute Gasteiger partial charge is 0.234 e. The molecule has 0 aliphatic heterocycles. The van der Waals surface area contributed by atoms with Crippen molar-refractivity contribution in [3.8, 4) is 0 Å². The number of anilines is 1. The second-order valence-corrected chi connectivity index (χ2v) is 5.93. The Morgan fingerprint density at radius 3 is 2.63 bits per heavy atom. The summed E-state index contributed by atoms with van der Waals surface area (Å²) in [5.74, 6) is 0.407. The van der Waals surface area contributed by atoms with Crippen LogP contribution in [0.25, 0.3) is 0 Å². The standard InChI is InChI=1S/C15H14BrNOS/c1-11-6-5-9-13(15(11)16)17-14(18)10-19-12-7-3-2-4-8-12/h2-9H,10H2,1H3,(H,17,18). The number of hydrogen-bond donors (Lipinski definition) is 1. The van der Waals surface area contributed by atoms with E-state index in [-0.39, 0.29) is 5.91 Å². The maximum absolute atomic E-state index is 11.9. The fraction of sp³-hybridized carbons (Fsp3) is 0.133. The summed E-state index contributed by atoms with van der Waals surface area (Å²) in [6.45, 7) is 2.00. The van der Waals surface area contributed by atoms with Crippen molar-refractivity contribution in [2.45, 2.75) is 11.8 Å². The second-order valence-electron chi connectivity index (χ2n) is 4.09. The third-order valence-corrected chi connectivity index (χ3v) is 4.64. The van der Waals surface area contributed by atoms with E-state index in [4.69, 9.17) is 0 Å². The molecule has 0 aromatic heterocycles. The minimum atomic E-state index is 0.000142. The minimum Gasteiger partial charge on any atom is -0.324 e. The molecule has 0 heterocycles. The van der Waals surface area contributed by atoms with Gasteiger partial charge in [-0.3, -0.25) is 4.79 Å². The van der Waals surface area contributed by atoms with Crippen LogP contribution in [0.1, 0.15) is 5.56 Å². The maximum Gasteiger partial charge on any atom is 0.234 e. The van der Waals surface area contributed by atoms with Crippen molar-refractivity contribution in [2.75, 3.05) is 11.1 Å². The number of amides is 1. The second kappa shape index (κ2) is 6.78. The van der Waals surface area contributed by atoms with Gasteiger partial charge in [-0.05, 0) is 46.6 Å². The van der Waals surface area contributed by atoms with E-state index in [1.54, 1.807) is 0 Å². The van der Waals surface area contributed by atoms with Gasteiger partial charge in [-0.2, -0.15) is 0 Å². The highest BCUT2D eigenvalue weighted by Gasteiger charge is 2.07. The molecule has 0 aliphatic rings. The molecule has 2 aromatic rings. The van der Waals surface area contributed by atoms with Gasteiger partial charge in [0.1, 0.15) is 0 Å². The summed E-state index contributed by atoms with van der Waals surface area (Å²) in [6, 6.07) is 15.7. The molecule has 98 valence electrons. The molecular weight excluding hydrogens is 322 g/mol. The van der Waals surface area contributed by atoms with E-state index in [1.165, 1.54) is 11.8 Å². The van der Waals surface area contributed by atoms with Crippen LogP contribution in [0.2, 0.25) is 0 Å². The summed E-state index contributed by atoms with van der Waals surface area (Å²) in [5, 5.41) is 2.91. The lowest BCUT2D eigenvalue weighted by Gasteiger charge is -2.09. The molecule has 0 radical (unpaired) electrons. The average molecular weight is 336 g/mol. The number of hydrogen-bond acceptors (Lipinski definition) is 2. The van der Waals surface area contributed by atoms with Gasteiger partial charge in [-0.15, -0.1) is 11.8 Å². The molecule has 19 heavy (non-hydrogen) atoms. The van der Waals surface area contributed by atoms with Crippen molar-refractivity contribution < 1.29 is 4.79 Å². The lowest BCUT2D eigenvalue weighted by atomic mass is 10.2. The Balaban J connectivity index is 1.93. The van der Waals surface area contributed by atoms with Crippen molar-refractivity contribution in [3.05, 3.63) is 58.6 Å². The van der Waals surface area contributed by atoms with Crippen LogP contribution in [0, 0.1) is 6.92 Å². The quantitative estimate of drug-likeness (QED) is 0.834. The third-order valence-electron chi connectivity index (χ3n) is 2.58. The fourth-order valence-electron chi connectivity index (χ4n) is 1.60. The van der Waals surface area contributed by atoms with E-state index in [1.807, 2.05) is 55.5 Å². The van der Waals surface area contributed by atoms with Crippen LogP contribution < -0.4 is 5.32 Å². The zero-order valence-corrected chi connectivity index (χ0v) is 12.9. The maximum atomic E-state index is 11.9. The average Bonchev–Trinajstić information content (AvgIpc) is 2.43. The summed E-state index contributed by atoms with van der Waals surface area (Å²) in [7, 11) is 0. The first-order valence-corrected chi connectivity index (χ1v) is 7.67. The Bertz CT molecular complexity index is 572. The Morgan fingerprint density at radius 1 is 1.16 bits per heavy atom. The molecule has 0 spiro atoms. The van der Waals surface area contributed by atoms with Gasteiger partial charge in [0, 0.05) is 9.37 Å². The molecule has 0 saturated carbocycles. The van der Waals surface area contributed by atoms with Crippen molar-refractivity contribution in [3.63, 3.8) is 0 Å². The Hall–Kier alpha value is -1.26. The van der Waals surface area contributed by atoms with E-state index in [0.717, 1.165) is 20.6 Å². The van der Waals surface area contributed by atoms with E-state index in [2.05, 4.69) is 21.2 Å². The zero-order chi connectivity index (χ0) is 13.7. The number of nitrogens with one attached hydrogen (secondary N) is 1. The topological polar surface area (TPSA) is 29.1 Å². The molecule has 0 bridgehead atoms. The van der Waals surface area contributed by atoms with E-state index in [9.17, 15) is 4.79 Å². The molecule has 0 aliphatic carbocycles. The highest BCUT2D eigenvalue weighted by Crippen LogP contribution is 2.26. The first-order valence-electron chi connectivity index (χ1n) is 5.89. The number of rotatable bonds is 4. The van der Waals surface area contributed by atoms with Crippen LogP contribution in [0.4, 0.5) is 5.69 Å². The van der Waals surface area contributed by atoms with E-state index >= 15 is 0 Å². The van der Waals surface area contributed by atoms with Gasteiger partial charge in [-0.25, -0.2) is 0 Å². The first-order chi connectivity index (χ1) is 9.16. The molecule has 2 rings (SSSR count). The molecule has 2 nitrogen and oxygen atoms in total. The van der Waals surface area contributed by atoms with Gasteiger partial charge in [-0.1, -0.05) is 30.3 Å². The molecule has 0 fully saturated rings. The molecule has 1 N–H and O–H groups in total. The SMILES string of the molecule is Cc1cccc(NC(=O)CSc2ccccc2)c1Br. The molecule has 0 atom stereocenters. The Kier molecular flexibility index (Phi) is 5.05. The van der Waals surface area contributed by atoms with Gasteiger partial charge < -0.3 is 5.32 Å². The normalized spacial score (nSPS) is 10.2. The lowest BCUT2D eigenvalue weighted by molar-refractivity contribution is -0.113. The van der Waals surface area contributed by atoms with Crippen LogP contribution >= 0.6 is 27.7 Å². The monoisotopic (exact) mass is 335 g/mol. The molecule has 2 aromatic carbocycles. The fourth-order valence-corrected chi connectivity index (χ4v) is 2.68. The van der Waals surface area contributed by atoms with Gasteiger partial charge in [0.25, 0.3) is 0 Å². The molecule has 0 saturated heterocycles. The summed E-state index contributed by atoms with van der Waals surface area (Å²) in [5.41, 5.74) is 1.92. The zero-order valence-electron chi connectivity index (χ0n) is 10.5. The first kappa shape index (κ1) is 14.2. The van der Waals surface area contributed by atoms with Crippen LogP contribution in [0.15, 0.2) is 57.9 Å². The van der Waals surface area contributed by atoms with Gasteiger partial charge >= 0.3 is 0 Å². The van der Waals surface area contributed by atoms with Gasteiger partial charge in [0.15, 0.2) is 0 Å². The predicted molar refractivity (Wildman–Crippen MR) is 84.7 cm³/mol. The van der Waals surface area contributed by atoms with Crippen LogP contribution in [0.3, 0.4) is 0 Å². The molecule has 4 heteroatoms. The van der Waals surface area contributed by atoms with Gasteiger partial charge in [0.05, 0.1) is 11.4 Å². The number of aryl methyl sites for hydroxylation is 1. The number of carbonyl (C=O) groups is 1. The third kappa shape index (κ3) is 4.11. The van der Waals surface area contributed by atoms with Crippen molar-refractivity contribution >= 4 is 39.3 Å². The largest absolute Gasteiger partial charge is 0.324 e. The number of carbonyl (C=O) groups excluding carboxylic acids is 1. The van der Waals surface area contributed by atoms with Crippen molar-refractivity contribution in [1.29, 1.82) is 0 Å².